The molecule has 2 rings (SSSR count). The Labute approximate surface area is 107 Å². The van der Waals surface area contributed by atoms with Gasteiger partial charge in [-0.15, -0.1) is 0 Å². The maximum absolute atomic E-state index is 5.33. The van der Waals surface area contributed by atoms with Gasteiger partial charge in [0.15, 0.2) is 0 Å². The standard InChI is InChI=1S/C13H18N4O/c1-5-15-13(3,4)12-16-11(17-18-12)10-9(2)7-6-8-14-10/h6-8,15H,5H2,1-4H3. The second-order valence-electron chi connectivity index (χ2n) is 4.75. The Morgan fingerprint density at radius 1 is 1.39 bits per heavy atom. The highest BCUT2D eigenvalue weighted by Gasteiger charge is 2.27. The first-order valence-electron chi connectivity index (χ1n) is 6.06. The number of hydrogen-bond acceptors (Lipinski definition) is 5. The predicted octanol–water partition coefficient (Wildman–Crippen LogP) is 2.28. The second-order valence-corrected chi connectivity index (χ2v) is 4.75. The Morgan fingerprint density at radius 2 is 2.17 bits per heavy atom. The van der Waals surface area contributed by atoms with Gasteiger partial charge < -0.3 is 9.84 Å². The van der Waals surface area contributed by atoms with Gasteiger partial charge in [0.1, 0.15) is 5.69 Å². The van der Waals surface area contributed by atoms with Crippen molar-refractivity contribution in [2.24, 2.45) is 0 Å². The molecule has 0 radical (unpaired) electrons. The average molecular weight is 246 g/mol. The molecule has 0 saturated carbocycles. The lowest BCUT2D eigenvalue weighted by Gasteiger charge is -2.20. The lowest BCUT2D eigenvalue weighted by molar-refractivity contribution is 0.272. The molecule has 0 aliphatic heterocycles. The highest BCUT2D eigenvalue weighted by atomic mass is 16.5. The third-order valence-electron chi connectivity index (χ3n) is 2.80. The van der Waals surface area contributed by atoms with Crippen LogP contribution in [0.4, 0.5) is 0 Å². The summed E-state index contributed by atoms with van der Waals surface area (Å²) in [6.45, 7) is 8.89. The zero-order valence-corrected chi connectivity index (χ0v) is 11.2. The number of hydrogen-bond donors (Lipinski definition) is 1. The Morgan fingerprint density at radius 3 is 2.83 bits per heavy atom. The first-order chi connectivity index (χ1) is 8.54. The maximum Gasteiger partial charge on any atom is 0.246 e. The fourth-order valence-corrected chi connectivity index (χ4v) is 1.81. The number of nitrogens with one attached hydrogen (secondary N) is 1. The van der Waals surface area contributed by atoms with E-state index in [1.165, 1.54) is 0 Å². The molecule has 0 fully saturated rings. The average Bonchev–Trinajstić information content (AvgIpc) is 2.79. The number of pyridine rings is 1. The van der Waals surface area contributed by atoms with Crippen LogP contribution in [0.25, 0.3) is 11.5 Å². The van der Waals surface area contributed by atoms with Crippen molar-refractivity contribution in [3.05, 3.63) is 29.8 Å². The van der Waals surface area contributed by atoms with Gasteiger partial charge in [0, 0.05) is 6.20 Å². The molecule has 0 saturated heterocycles. The van der Waals surface area contributed by atoms with E-state index in [1.54, 1.807) is 6.20 Å². The molecule has 5 nitrogen and oxygen atoms in total. The minimum Gasteiger partial charge on any atom is -0.337 e. The molecule has 1 N–H and O–H groups in total. The lowest BCUT2D eigenvalue weighted by Crippen LogP contribution is -2.36. The highest BCUT2D eigenvalue weighted by Crippen LogP contribution is 2.22. The van der Waals surface area contributed by atoms with E-state index in [-0.39, 0.29) is 5.54 Å². The predicted molar refractivity (Wildman–Crippen MR) is 69.0 cm³/mol. The van der Waals surface area contributed by atoms with E-state index in [2.05, 4.69) is 20.4 Å². The zero-order chi connectivity index (χ0) is 13.2. The fourth-order valence-electron chi connectivity index (χ4n) is 1.81. The topological polar surface area (TPSA) is 63.8 Å². The summed E-state index contributed by atoms with van der Waals surface area (Å²) in [5.41, 5.74) is 1.47. The Balaban J connectivity index is 2.34. The molecule has 5 heteroatoms. The van der Waals surface area contributed by atoms with Crippen LogP contribution in [0.5, 0.6) is 0 Å². The van der Waals surface area contributed by atoms with Crippen molar-refractivity contribution >= 4 is 0 Å². The Bertz CT molecular complexity index is 533. The van der Waals surface area contributed by atoms with E-state index in [1.807, 2.05) is 39.8 Å². The lowest BCUT2D eigenvalue weighted by atomic mass is 10.1. The number of rotatable bonds is 4. The highest BCUT2D eigenvalue weighted by molar-refractivity contribution is 5.53. The van der Waals surface area contributed by atoms with Crippen molar-refractivity contribution in [1.29, 1.82) is 0 Å². The molecular weight excluding hydrogens is 228 g/mol. The van der Waals surface area contributed by atoms with Gasteiger partial charge in [0.25, 0.3) is 0 Å². The molecule has 0 aromatic carbocycles. The number of aryl methyl sites for hydroxylation is 1. The molecule has 0 aliphatic rings. The van der Waals surface area contributed by atoms with Gasteiger partial charge in [0.2, 0.25) is 11.7 Å². The van der Waals surface area contributed by atoms with Crippen LogP contribution >= 0.6 is 0 Å². The summed E-state index contributed by atoms with van der Waals surface area (Å²) in [6, 6.07) is 3.87. The first-order valence-corrected chi connectivity index (χ1v) is 6.06. The van der Waals surface area contributed by atoms with Crippen molar-refractivity contribution in [2.45, 2.75) is 33.2 Å². The number of nitrogens with zero attached hydrogens (tertiary/aromatic N) is 3. The monoisotopic (exact) mass is 246 g/mol. The SMILES string of the molecule is CCNC(C)(C)c1nc(-c2ncccc2C)no1. The van der Waals surface area contributed by atoms with Gasteiger partial charge >= 0.3 is 0 Å². The van der Waals surface area contributed by atoms with Crippen molar-refractivity contribution < 1.29 is 4.52 Å². The van der Waals surface area contributed by atoms with Crippen LogP contribution in [-0.4, -0.2) is 21.7 Å². The van der Waals surface area contributed by atoms with Crippen LogP contribution in [0.15, 0.2) is 22.9 Å². The quantitative estimate of drug-likeness (QED) is 0.896. The molecule has 0 amide bonds. The Hall–Kier alpha value is -1.75. The van der Waals surface area contributed by atoms with Gasteiger partial charge in [-0.1, -0.05) is 18.1 Å². The molecule has 2 aromatic rings. The molecule has 0 aliphatic carbocycles. The summed E-state index contributed by atoms with van der Waals surface area (Å²) in [4.78, 5) is 8.71. The minimum atomic E-state index is -0.331. The summed E-state index contributed by atoms with van der Waals surface area (Å²) < 4.78 is 5.33. The summed E-state index contributed by atoms with van der Waals surface area (Å²) in [6.07, 6.45) is 1.73. The number of aromatic nitrogens is 3. The van der Waals surface area contributed by atoms with Gasteiger partial charge in [-0.3, -0.25) is 4.98 Å². The summed E-state index contributed by atoms with van der Waals surface area (Å²) in [7, 11) is 0. The second kappa shape index (κ2) is 4.86. The van der Waals surface area contributed by atoms with E-state index < -0.39 is 0 Å². The van der Waals surface area contributed by atoms with Gasteiger partial charge in [-0.25, -0.2) is 0 Å². The summed E-state index contributed by atoms with van der Waals surface area (Å²) in [5, 5.41) is 7.31. The van der Waals surface area contributed by atoms with Gasteiger partial charge in [0.05, 0.1) is 5.54 Å². The van der Waals surface area contributed by atoms with E-state index >= 15 is 0 Å². The third kappa shape index (κ3) is 2.41. The minimum absolute atomic E-state index is 0.331. The molecule has 2 aromatic heterocycles. The van der Waals surface area contributed by atoms with Crippen LogP contribution in [-0.2, 0) is 5.54 Å². The molecule has 18 heavy (non-hydrogen) atoms. The summed E-state index contributed by atoms with van der Waals surface area (Å²) >= 11 is 0. The first kappa shape index (κ1) is 12.7. The van der Waals surface area contributed by atoms with Crippen molar-refractivity contribution in [1.82, 2.24) is 20.4 Å². The third-order valence-corrected chi connectivity index (χ3v) is 2.80. The van der Waals surface area contributed by atoms with E-state index in [4.69, 9.17) is 4.52 Å². The molecule has 0 bridgehead atoms. The zero-order valence-electron chi connectivity index (χ0n) is 11.2. The Kier molecular flexibility index (Phi) is 3.43. The van der Waals surface area contributed by atoms with E-state index in [0.717, 1.165) is 17.8 Å². The molecule has 0 unspecified atom stereocenters. The molecule has 96 valence electrons. The van der Waals surface area contributed by atoms with Crippen molar-refractivity contribution in [3.63, 3.8) is 0 Å². The molecule has 0 atom stereocenters. The van der Waals surface area contributed by atoms with E-state index in [9.17, 15) is 0 Å². The van der Waals surface area contributed by atoms with Crippen LogP contribution < -0.4 is 5.32 Å². The molecule has 2 heterocycles. The molecule has 0 spiro atoms. The van der Waals surface area contributed by atoms with Crippen LogP contribution in [0.1, 0.15) is 32.2 Å². The maximum atomic E-state index is 5.33. The smallest absolute Gasteiger partial charge is 0.246 e. The largest absolute Gasteiger partial charge is 0.337 e. The van der Waals surface area contributed by atoms with Crippen LogP contribution in [0, 0.1) is 6.92 Å². The summed E-state index contributed by atoms with van der Waals surface area (Å²) in [5.74, 6) is 1.11. The fraction of sp³-hybridized carbons (Fsp3) is 0.462. The molecular formula is C13H18N4O. The van der Waals surface area contributed by atoms with Crippen LogP contribution in [0.2, 0.25) is 0 Å². The van der Waals surface area contributed by atoms with Crippen LogP contribution in [0.3, 0.4) is 0 Å². The van der Waals surface area contributed by atoms with Crippen molar-refractivity contribution in [3.8, 4) is 11.5 Å². The van der Waals surface area contributed by atoms with Crippen molar-refractivity contribution in [2.75, 3.05) is 6.54 Å². The van der Waals surface area contributed by atoms with Gasteiger partial charge in [-0.2, -0.15) is 4.98 Å². The normalized spacial score (nSPS) is 11.8. The van der Waals surface area contributed by atoms with Gasteiger partial charge in [-0.05, 0) is 38.9 Å². The van der Waals surface area contributed by atoms with E-state index in [0.29, 0.717) is 11.7 Å².